The van der Waals surface area contributed by atoms with Crippen molar-refractivity contribution in [3.63, 3.8) is 0 Å². The van der Waals surface area contributed by atoms with Gasteiger partial charge in [-0.05, 0) is 31.0 Å². The minimum absolute atomic E-state index is 0.309. The summed E-state index contributed by atoms with van der Waals surface area (Å²) in [6, 6.07) is 3.47. The molecule has 2 aromatic rings. The number of nitrogens with one attached hydrogen (secondary N) is 1. The van der Waals surface area contributed by atoms with Gasteiger partial charge in [0.2, 0.25) is 10.0 Å². The molecule has 1 saturated heterocycles. The molecule has 0 spiro atoms. The molecule has 1 N–H and O–H groups in total. The Hall–Kier alpha value is -1.65. The molecule has 136 valence electrons. The first-order chi connectivity index (χ1) is 11.8. The van der Waals surface area contributed by atoms with Crippen molar-refractivity contribution in [2.45, 2.75) is 30.0 Å². The lowest BCUT2D eigenvalue weighted by Gasteiger charge is -2.32. The highest BCUT2D eigenvalue weighted by atomic mass is 32.2. The number of hydrogen-bond donors (Lipinski definition) is 1. The Morgan fingerprint density at radius 2 is 1.96 bits per heavy atom. The van der Waals surface area contributed by atoms with E-state index in [-0.39, 0.29) is 10.9 Å². The fourth-order valence-electron chi connectivity index (χ4n) is 2.69. The Labute approximate surface area is 147 Å². The van der Waals surface area contributed by atoms with Crippen LogP contribution in [0.1, 0.15) is 18.4 Å². The van der Waals surface area contributed by atoms with Gasteiger partial charge in [-0.15, -0.1) is 11.3 Å². The van der Waals surface area contributed by atoms with E-state index in [0.29, 0.717) is 32.0 Å². The number of thiazole rings is 1. The number of piperidine rings is 1. The first kappa shape index (κ1) is 18.2. The zero-order chi connectivity index (χ0) is 18.1. The van der Waals surface area contributed by atoms with Crippen molar-refractivity contribution < 1.29 is 21.6 Å². The Morgan fingerprint density at radius 1 is 1.24 bits per heavy atom. The summed E-state index contributed by atoms with van der Waals surface area (Å²) in [6.07, 6.45) is -1.73. The van der Waals surface area contributed by atoms with Crippen molar-refractivity contribution >= 4 is 26.5 Å². The van der Waals surface area contributed by atoms with Gasteiger partial charge in [-0.1, -0.05) is 6.07 Å². The number of nitrogens with zero attached hydrogens (tertiary/aromatic N) is 2. The lowest BCUT2D eigenvalue weighted by atomic mass is 10.1. The third-order valence-corrected chi connectivity index (χ3v) is 6.33. The number of sulfonamides is 1. The van der Waals surface area contributed by atoms with Gasteiger partial charge in [-0.3, -0.25) is 0 Å². The molecule has 25 heavy (non-hydrogen) atoms. The van der Waals surface area contributed by atoms with Gasteiger partial charge in [0.05, 0.1) is 10.5 Å². The van der Waals surface area contributed by atoms with Crippen LogP contribution in [0.25, 0.3) is 0 Å². The van der Waals surface area contributed by atoms with Crippen molar-refractivity contribution in [1.29, 1.82) is 0 Å². The summed E-state index contributed by atoms with van der Waals surface area (Å²) in [6.45, 7) is 1.28. The van der Waals surface area contributed by atoms with E-state index in [1.807, 2.05) is 5.38 Å². The number of rotatable bonds is 4. The lowest BCUT2D eigenvalue weighted by molar-refractivity contribution is -0.137. The molecule has 0 amide bonds. The van der Waals surface area contributed by atoms with Gasteiger partial charge < -0.3 is 4.90 Å². The molecule has 0 saturated carbocycles. The fourth-order valence-corrected chi connectivity index (χ4v) is 4.74. The fraction of sp³-hybridized carbons (Fsp3) is 0.400. The van der Waals surface area contributed by atoms with Gasteiger partial charge in [0.1, 0.15) is 0 Å². The van der Waals surface area contributed by atoms with Crippen molar-refractivity contribution in [3.8, 4) is 0 Å². The summed E-state index contributed by atoms with van der Waals surface area (Å²) in [7, 11) is -4.00. The predicted molar refractivity (Wildman–Crippen MR) is 89.1 cm³/mol. The van der Waals surface area contributed by atoms with E-state index in [1.165, 1.54) is 17.4 Å². The zero-order valence-corrected chi connectivity index (χ0v) is 14.7. The van der Waals surface area contributed by atoms with E-state index in [1.54, 1.807) is 6.20 Å². The Balaban J connectivity index is 1.67. The van der Waals surface area contributed by atoms with Crippen LogP contribution in [0.2, 0.25) is 0 Å². The molecule has 1 aromatic heterocycles. The molecule has 3 rings (SSSR count). The van der Waals surface area contributed by atoms with Gasteiger partial charge in [0, 0.05) is 30.7 Å². The maximum absolute atomic E-state index is 12.8. The summed E-state index contributed by atoms with van der Waals surface area (Å²) in [5, 5.41) is 2.76. The predicted octanol–water partition coefficient (Wildman–Crippen LogP) is 3.11. The second-order valence-corrected chi connectivity index (χ2v) is 8.31. The van der Waals surface area contributed by atoms with Crippen molar-refractivity contribution in [3.05, 3.63) is 41.4 Å². The van der Waals surface area contributed by atoms with Crippen molar-refractivity contribution in [2.24, 2.45) is 0 Å². The summed E-state index contributed by atoms with van der Waals surface area (Å²) in [5.41, 5.74) is -0.978. The summed E-state index contributed by atoms with van der Waals surface area (Å²) >= 11 is 1.51. The van der Waals surface area contributed by atoms with Crippen LogP contribution in [-0.2, 0) is 16.2 Å². The molecular formula is C15H16F3N3O2S2. The van der Waals surface area contributed by atoms with E-state index in [4.69, 9.17) is 0 Å². The van der Waals surface area contributed by atoms with Crippen LogP contribution < -0.4 is 9.62 Å². The van der Waals surface area contributed by atoms with E-state index >= 15 is 0 Å². The average Bonchev–Trinajstić information content (AvgIpc) is 3.09. The number of anilines is 1. The number of alkyl halides is 3. The van der Waals surface area contributed by atoms with E-state index in [2.05, 4.69) is 14.6 Å². The quantitative estimate of drug-likeness (QED) is 0.870. The van der Waals surface area contributed by atoms with E-state index in [0.717, 1.165) is 17.3 Å². The van der Waals surface area contributed by atoms with Gasteiger partial charge in [0.15, 0.2) is 5.13 Å². The molecule has 1 aliphatic heterocycles. The molecule has 5 nitrogen and oxygen atoms in total. The molecule has 10 heteroatoms. The molecule has 0 radical (unpaired) electrons. The van der Waals surface area contributed by atoms with Crippen molar-refractivity contribution in [1.82, 2.24) is 9.71 Å². The number of halogens is 3. The highest BCUT2D eigenvalue weighted by molar-refractivity contribution is 7.89. The minimum Gasteiger partial charge on any atom is -0.348 e. The summed E-state index contributed by atoms with van der Waals surface area (Å²) in [4.78, 5) is 5.92. The second kappa shape index (κ2) is 6.93. The van der Waals surface area contributed by atoms with Crippen molar-refractivity contribution in [2.75, 3.05) is 18.0 Å². The Bertz CT molecular complexity index is 815. The molecule has 0 bridgehead atoms. The second-order valence-electron chi connectivity index (χ2n) is 5.72. The normalized spacial score (nSPS) is 17.0. The maximum Gasteiger partial charge on any atom is 0.416 e. The molecule has 1 fully saturated rings. The number of hydrogen-bond acceptors (Lipinski definition) is 5. The lowest BCUT2D eigenvalue weighted by Crippen LogP contribution is -2.44. The van der Waals surface area contributed by atoms with Gasteiger partial charge in [-0.25, -0.2) is 18.1 Å². The maximum atomic E-state index is 12.8. The number of benzene rings is 1. The zero-order valence-electron chi connectivity index (χ0n) is 13.0. The molecule has 1 aliphatic rings. The summed E-state index contributed by atoms with van der Waals surface area (Å²) in [5.74, 6) is 0. The molecule has 1 aromatic carbocycles. The van der Waals surface area contributed by atoms with Crippen LogP contribution in [0, 0.1) is 0 Å². The van der Waals surface area contributed by atoms with Crippen LogP contribution in [0.15, 0.2) is 40.7 Å². The van der Waals surface area contributed by atoms with Crippen LogP contribution >= 0.6 is 11.3 Å². The van der Waals surface area contributed by atoms with Crippen LogP contribution in [0.3, 0.4) is 0 Å². The first-order valence-electron chi connectivity index (χ1n) is 7.60. The molecule has 0 unspecified atom stereocenters. The third-order valence-electron chi connectivity index (χ3n) is 3.98. The first-order valence-corrected chi connectivity index (χ1v) is 9.96. The molecular weight excluding hydrogens is 375 g/mol. The van der Waals surface area contributed by atoms with Gasteiger partial charge in [0.25, 0.3) is 0 Å². The summed E-state index contributed by atoms with van der Waals surface area (Å²) < 4.78 is 65.6. The third kappa shape index (κ3) is 4.31. The van der Waals surface area contributed by atoms with Gasteiger partial charge >= 0.3 is 6.18 Å². The highest BCUT2D eigenvalue weighted by Crippen LogP contribution is 2.30. The van der Waals surface area contributed by atoms with E-state index in [9.17, 15) is 21.6 Å². The SMILES string of the molecule is O=S(=O)(NC1CCN(c2nccs2)CC1)c1cccc(C(F)(F)F)c1. The standard InChI is InChI=1S/C15H16F3N3O2S2/c16-15(17,18)11-2-1-3-13(10-11)25(22,23)20-12-4-7-21(8-5-12)14-19-6-9-24-14/h1-3,6,9-10,12,20H,4-5,7-8H2. The smallest absolute Gasteiger partial charge is 0.348 e. The molecule has 2 heterocycles. The largest absolute Gasteiger partial charge is 0.416 e. The van der Waals surface area contributed by atoms with Crippen LogP contribution in [0.4, 0.5) is 18.3 Å². The Kier molecular flexibility index (Phi) is 5.03. The van der Waals surface area contributed by atoms with Crippen LogP contribution in [-0.4, -0.2) is 32.5 Å². The van der Waals surface area contributed by atoms with Gasteiger partial charge in [-0.2, -0.15) is 13.2 Å². The minimum atomic E-state index is -4.58. The van der Waals surface area contributed by atoms with Crippen LogP contribution in [0.5, 0.6) is 0 Å². The number of aromatic nitrogens is 1. The molecule has 0 aliphatic carbocycles. The Morgan fingerprint density at radius 3 is 2.56 bits per heavy atom. The molecule has 0 atom stereocenters. The highest BCUT2D eigenvalue weighted by Gasteiger charge is 2.32. The average molecular weight is 391 g/mol. The van der Waals surface area contributed by atoms with E-state index < -0.39 is 21.8 Å². The monoisotopic (exact) mass is 391 g/mol. The topological polar surface area (TPSA) is 62.3 Å².